The molecule has 0 unspecified atom stereocenters. The molecule has 0 nitrogen and oxygen atoms in total. The van der Waals surface area contributed by atoms with Crippen LogP contribution in [0.5, 0.6) is 0 Å². The molecule has 40 heavy (non-hydrogen) atoms. The molecule has 204 valence electrons. The monoisotopic (exact) mass is 730 g/mol. The normalized spacial score (nSPS) is 10.4. The van der Waals surface area contributed by atoms with E-state index in [4.69, 9.17) is 0 Å². The quantitative estimate of drug-likeness (QED) is 0.190. The number of hydrogen-bond donors (Lipinski definition) is 0. The van der Waals surface area contributed by atoms with Crippen molar-refractivity contribution in [2.24, 2.45) is 0 Å². The van der Waals surface area contributed by atoms with Gasteiger partial charge in [0.15, 0.2) is 0 Å². The zero-order chi connectivity index (χ0) is 27.2. The van der Waals surface area contributed by atoms with Crippen LogP contribution in [0.4, 0.5) is 0 Å². The molecule has 5 aromatic rings. The zero-order valence-corrected chi connectivity index (χ0v) is 29.3. The van der Waals surface area contributed by atoms with Crippen LogP contribution in [0.1, 0.15) is 55.6 Å². The average Bonchev–Trinajstić information content (AvgIpc) is 3.58. The molecule has 0 atom stereocenters. The van der Waals surface area contributed by atoms with Crippen molar-refractivity contribution in [1.82, 2.24) is 0 Å². The van der Waals surface area contributed by atoms with Crippen LogP contribution < -0.4 is 24.8 Å². The maximum atomic E-state index is 3.54. The summed E-state index contributed by atoms with van der Waals surface area (Å²) in [6.45, 7) is 13.0. The Hall–Kier alpha value is -2.45. The smallest absolute Gasteiger partial charge is 0.172 e. The summed E-state index contributed by atoms with van der Waals surface area (Å²) < 4.78 is 1.47. The Bertz CT molecular complexity index is 1410. The minimum atomic E-state index is 0. The molecule has 0 amide bonds. The minimum Gasteiger partial charge on any atom is -1.00 e. The SMILES string of the molecule is Cc1[c-]c2c(cc1C)-c1cc(C)c(C)cc1C2.Cc1ccc([C](=[Hf+2])c2ccc(C)cc2)cc1.[Cl-].[Cl-].c1cc[cH-]c1. The molecule has 0 fully saturated rings. The van der Waals surface area contributed by atoms with Gasteiger partial charge in [-0.15, -0.1) is 11.1 Å². The molecule has 0 radical (unpaired) electrons. The van der Waals surface area contributed by atoms with Crippen LogP contribution in [0, 0.1) is 47.6 Å². The predicted octanol–water partition coefficient (Wildman–Crippen LogP) is 3.12. The molecule has 0 N–H and O–H groups in total. The second-order valence-electron chi connectivity index (χ2n) is 10.3. The van der Waals surface area contributed by atoms with Gasteiger partial charge in [0.05, 0.1) is 0 Å². The van der Waals surface area contributed by atoms with E-state index in [2.05, 4.69) is 114 Å². The maximum Gasteiger partial charge on any atom is -0.172 e. The van der Waals surface area contributed by atoms with Gasteiger partial charge < -0.3 is 24.8 Å². The number of fused-ring (bicyclic) bond motifs is 3. The van der Waals surface area contributed by atoms with E-state index in [0.717, 1.165) is 30.3 Å². The third kappa shape index (κ3) is 8.53. The van der Waals surface area contributed by atoms with Crippen LogP contribution in [0.3, 0.4) is 0 Å². The molecule has 1 aliphatic carbocycles. The van der Waals surface area contributed by atoms with Gasteiger partial charge in [-0.1, -0.05) is 31.5 Å². The summed E-state index contributed by atoms with van der Waals surface area (Å²) in [6.07, 6.45) is 1.05. The molecule has 0 aliphatic heterocycles. The van der Waals surface area contributed by atoms with Gasteiger partial charge in [0.1, 0.15) is 0 Å². The molecule has 0 spiro atoms. The fourth-order valence-electron chi connectivity index (χ4n) is 4.58. The number of rotatable bonds is 2. The van der Waals surface area contributed by atoms with Crippen LogP contribution in [0.2, 0.25) is 0 Å². The van der Waals surface area contributed by atoms with E-state index >= 15 is 0 Å². The fraction of sp³-hybridized carbons (Fsp3) is 0.189. The Morgan fingerprint density at radius 2 is 1.12 bits per heavy atom. The standard InChI is InChI=1S/C17H17.C15H14.C5H5.2ClH.Hf/c1-10-5-14-9-15-6-11(2)13(4)8-17(15)16(14)7-12(10)3;1-12-3-7-14(8-4-12)11-15-9-5-13(2)6-10-15;1-2-4-5-3-1;;;/h5,7-8H,9H2,1-4H3;3-10H,1-2H3;1-5H;2*1H;/q-1;;-1;;;+2/p-2. The van der Waals surface area contributed by atoms with Gasteiger partial charge in [-0.3, -0.25) is 0 Å². The van der Waals surface area contributed by atoms with Crippen molar-refractivity contribution in [3.63, 3.8) is 0 Å². The van der Waals surface area contributed by atoms with Crippen molar-refractivity contribution in [2.45, 2.75) is 48.0 Å². The van der Waals surface area contributed by atoms with Gasteiger partial charge in [0.25, 0.3) is 0 Å². The summed E-state index contributed by atoms with van der Waals surface area (Å²) in [5, 5.41) is 0. The summed E-state index contributed by atoms with van der Waals surface area (Å²) in [4.78, 5) is 0. The zero-order valence-electron chi connectivity index (χ0n) is 24.2. The fourth-order valence-corrected chi connectivity index (χ4v) is 5.77. The van der Waals surface area contributed by atoms with Gasteiger partial charge >= 0.3 is 112 Å². The first-order chi connectivity index (χ1) is 18.2. The van der Waals surface area contributed by atoms with E-state index in [-0.39, 0.29) is 24.8 Å². The summed E-state index contributed by atoms with van der Waals surface area (Å²) >= 11 is 1.08. The molecule has 0 saturated heterocycles. The summed E-state index contributed by atoms with van der Waals surface area (Å²) in [5.41, 5.74) is 16.4. The van der Waals surface area contributed by atoms with E-state index in [1.807, 2.05) is 30.3 Å². The van der Waals surface area contributed by atoms with Gasteiger partial charge in [0, 0.05) is 0 Å². The minimum absolute atomic E-state index is 0. The van der Waals surface area contributed by atoms with Gasteiger partial charge in [-0.05, 0) is 37.0 Å². The van der Waals surface area contributed by atoms with Gasteiger partial charge in [0.2, 0.25) is 0 Å². The second-order valence-corrected chi connectivity index (χ2v) is 12.1. The maximum absolute atomic E-state index is 3.54. The van der Waals surface area contributed by atoms with Crippen LogP contribution in [-0.2, 0) is 30.3 Å². The predicted molar refractivity (Wildman–Crippen MR) is 160 cm³/mol. The molecule has 1 aliphatic rings. The summed E-state index contributed by atoms with van der Waals surface area (Å²) in [6, 6.07) is 38.1. The summed E-state index contributed by atoms with van der Waals surface area (Å²) in [7, 11) is 0. The molecule has 0 heterocycles. The van der Waals surface area contributed by atoms with Crippen LogP contribution in [0.15, 0.2) is 97.1 Å². The van der Waals surface area contributed by atoms with Gasteiger partial charge in [-0.25, -0.2) is 12.1 Å². The van der Waals surface area contributed by atoms with Crippen molar-refractivity contribution in [2.75, 3.05) is 0 Å². The molecular weight excluding hydrogens is 694 g/mol. The molecule has 6 rings (SSSR count). The topological polar surface area (TPSA) is 0 Å². The Kier molecular flexibility index (Phi) is 13.1. The Labute approximate surface area is 268 Å². The number of hydrogen-bond acceptors (Lipinski definition) is 0. The molecule has 0 saturated carbocycles. The number of halogens is 2. The first-order valence-electron chi connectivity index (χ1n) is 13.2. The number of benzene rings is 4. The van der Waals surface area contributed by atoms with E-state index in [1.54, 1.807) is 0 Å². The molecule has 0 aromatic heterocycles. The van der Waals surface area contributed by atoms with E-state index in [0.29, 0.717) is 0 Å². The first kappa shape index (κ1) is 33.8. The van der Waals surface area contributed by atoms with Crippen molar-refractivity contribution in [3.8, 4) is 11.1 Å². The summed E-state index contributed by atoms with van der Waals surface area (Å²) in [5.74, 6) is 0. The van der Waals surface area contributed by atoms with Crippen LogP contribution in [0.25, 0.3) is 11.1 Å². The average molecular weight is 730 g/mol. The molecule has 5 aromatic carbocycles. The van der Waals surface area contributed by atoms with Crippen molar-refractivity contribution in [3.05, 3.63) is 159 Å². The van der Waals surface area contributed by atoms with Crippen LogP contribution >= 0.6 is 0 Å². The third-order valence-electron chi connectivity index (χ3n) is 7.23. The largest absolute Gasteiger partial charge is 1.00 e. The second kappa shape index (κ2) is 15.5. The van der Waals surface area contributed by atoms with Gasteiger partial charge in [-0.2, -0.15) is 41.5 Å². The van der Waals surface area contributed by atoms with E-state index < -0.39 is 0 Å². The molecule has 3 heteroatoms. The van der Waals surface area contributed by atoms with E-state index in [1.165, 1.54) is 70.0 Å². The third-order valence-corrected chi connectivity index (χ3v) is 9.30. The molecular formula is C37H36Cl2Hf-2. The Morgan fingerprint density at radius 1 is 0.650 bits per heavy atom. The first-order valence-corrected chi connectivity index (χ1v) is 15.0. The van der Waals surface area contributed by atoms with Crippen molar-refractivity contribution in [1.29, 1.82) is 0 Å². The van der Waals surface area contributed by atoms with Crippen molar-refractivity contribution >= 4 is 3.26 Å². The Morgan fingerprint density at radius 3 is 1.60 bits per heavy atom. The van der Waals surface area contributed by atoms with Crippen molar-refractivity contribution < 1.29 is 48.7 Å². The Balaban J connectivity index is 0.000000229. The molecule has 0 bridgehead atoms. The van der Waals surface area contributed by atoms with Crippen LogP contribution in [-0.4, -0.2) is 3.26 Å². The van der Waals surface area contributed by atoms with E-state index in [9.17, 15) is 0 Å². The number of aryl methyl sites for hydroxylation is 6.